The largest absolute Gasteiger partial charge is 0.463 e. The van der Waals surface area contributed by atoms with Crippen molar-refractivity contribution >= 4 is 23.6 Å². The zero-order chi connectivity index (χ0) is 12.3. The number of carbonyl (C=O) groups is 1. The Hall–Kier alpha value is -2.17. The van der Waals surface area contributed by atoms with Gasteiger partial charge in [-0.25, -0.2) is 9.79 Å². The van der Waals surface area contributed by atoms with Crippen molar-refractivity contribution in [2.45, 2.75) is 13.3 Å². The van der Waals surface area contributed by atoms with Crippen LogP contribution in [0, 0.1) is 0 Å². The first-order chi connectivity index (χ1) is 8.20. The summed E-state index contributed by atoms with van der Waals surface area (Å²) in [6, 6.07) is 1.79. The van der Waals surface area contributed by atoms with E-state index in [-0.39, 0.29) is 5.97 Å². The molecule has 1 aliphatic heterocycles. The van der Waals surface area contributed by atoms with Gasteiger partial charge in [0, 0.05) is 23.8 Å². The highest BCUT2D eigenvalue weighted by atomic mass is 16.5. The van der Waals surface area contributed by atoms with Crippen LogP contribution in [-0.4, -0.2) is 23.4 Å². The number of ether oxygens (including phenoxy) is 1. The predicted molar refractivity (Wildman–Crippen MR) is 64.7 cm³/mol. The highest BCUT2D eigenvalue weighted by molar-refractivity contribution is 6.02. The van der Waals surface area contributed by atoms with Gasteiger partial charge in [0.05, 0.1) is 18.5 Å². The number of esters is 1. The van der Waals surface area contributed by atoms with Crippen LogP contribution in [-0.2, 0) is 9.53 Å². The van der Waals surface area contributed by atoms with E-state index in [1.807, 2.05) is 0 Å². The Kier molecular flexibility index (Phi) is 3.18. The second kappa shape index (κ2) is 4.78. The average molecular weight is 231 g/mol. The average Bonchev–Trinajstić information content (AvgIpc) is 2.47. The number of rotatable bonds is 2. The van der Waals surface area contributed by atoms with Gasteiger partial charge in [0.2, 0.25) is 0 Å². The van der Waals surface area contributed by atoms with Gasteiger partial charge in [0.25, 0.3) is 0 Å². The van der Waals surface area contributed by atoms with E-state index in [0.717, 1.165) is 5.56 Å². The number of carbonyl (C=O) groups excluding carboxylic acids is 1. The number of aromatic nitrogens is 1. The fourth-order valence-corrected chi connectivity index (χ4v) is 1.60. The summed E-state index contributed by atoms with van der Waals surface area (Å²) in [7, 11) is 0. The maximum Gasteiger partial charge on any atom is 0.334 e. The molecule has 2 rings (SSSR count). The number of aliphatic imine (C=N–C) groups is 1. The van der Waals surface area contributed by atoms with Gasteiger partial charge < -0.3 is 10.5 Å². The lowest BCUT2D eigenvalue weighted by Gasteiger charge is -2.04. The lowest BCUT2D eigenvalue weighted by atomic mass is 10.1. The van der Waals surface area contributed by atoms with Crippen molar-refractivity contribution in [2.75, 3.05) is 6.61 Å². The molecule has 0 aromatic carbocycles. The molecular formula is C12H13N3O2. The van der Waals surface area contributed by atoms with Crippen LogP contribution in [0.15, 0.2) is 29.0 Å². The van der Waals surface area contributed by atoms with Gasteiger partial charge in [0.1, 0.15) is 5.84 Å². The van der Waals surface area contributed by atoms with Crippen LogP contribution in [0.1, 0.15) is 18.9 Å². The first-order valence-electron chi connectivity index (χ1n) is 5.35. The Bertz CT molecular complexity index is 506. The predicted octanol–water partition coefficient (Wildman–Crippen LogP) is 1.42. The number of hydrogen-bond acceptors (Lipinski definition) is 5. The maximum atomic E-state index is 11.7. The number of fused-ring (bicyclic) bond motifs is 1. The van der Waals surface area contributed by atoms with Gasteiger partial charge in [-0.1, -0.05) is 0 Å². The molecule has 5 heteroatoms. The monoisotopic (exact) mass is 231 g/mol. The van der Waals surface area contributed by atoms with Crippen LogP contribution < -0.4 is 5.73 Å². The highest BCUT2D eigenvalue weighted by Crippen LogP contribution is 2.25. The summed E-state index contributed by atoms with van der Waals surface area (Å²) < 4.78 is 4.97. The van der Waals surface area contributed by atoms with Crippen molar-refractivity contribution in [3.8, 4) is 0 Å². The van der Waals surface area contributed by atoms with Gasteiger partial charge in [-0.05, 0) is 19.1 Å². The molecule has 2 N–H and O–H groups in total. The zero-order valence-electron chi connectivity index (χ0n) is 9.51. The van der Waals surface area contributed by atoms with Crippen LogP contribution in [0.25, 0.3) is 6.08 Å². The van der Waals surface area contributed by atoms with Gasteiger partial charge in [-0.2, -0.15) is 0 Å². The Morgan fingerprint density at radius 1 is 1.59 bits per heavy atom. The highest BCUT2D eigenvalue weighted by Gasteiger charge is 2.16. The van der Waals surface area contributed by atoms with E-state index in [1.165, 1.54) is 0 Å². The smallest absolute Gasteiger partial charge is 0.334 e. The molecule has 0 radical (unpaired) electrons. The molecule has 17 heavy (non-hydrogen) atoms. The van der Waals surface area contributed by atoms with Crippen molar-refractivity contribution in [1.29, 1.82) is 0 Å². The van der Waals surface area contributed by atoms with Gasteiger partial charge in [-0.3, -0.25) is 4.98 Å². The Morgan fingerprint density at radius 3 is 3.18 bits per heavy atom. The van der Waals surface area contributed by atoms with E-state index in [4.69, 9.17) is 10.5 Å². The molecule has 0 aliphatic carbocycles. The number of hydrogen-bond donors (Lipinski definition) is 1. The zero-order valence-corrected chi connectivity index (χ0v) is 9.51. The van der Waals surface area contributed by atoms with E-state index in [9.17, 15) is 4.79 Å². The van der Waals surface area contributed by atoms with Gasteiger partial charge in [0.15, 0.2) is 0 Å². The van der Waals surface area contributed by atoms with E-state index in [1.54, 1.807) is 31.5 Å². The number of nitrogens with zero attached hydrogens (tertiary/aromatic N) is 2. The minimum Gasteiger partial charge on any atom is -0.463 e. The van der Waals surface area contributed by atoms with Crippen molar-refractivity contribution < 1.29 is 9.53 Å². The van der Waals surface area contributed by atoms with Crippen molar-refractivity contribution in [3.05, 3.63) is 29.6 Å². The molecule has 0 saturated carbocycles. The third kappa shape index (κ3) is 2.50. The molecule has 88 valence electrons. The van der Waals surface area contributed by atoms with E-state index >= 15 is 0 Å². The van der Waals surface area contributed by atoms with Crippen LogP contribution in [0.5, 0.6) is 0 Å². The minimum atomic E-state index is -0.352. The summed E-state index contributed by atoms with van der Waals surface area (Å²) in [5.41, 5.74) is 7.75. The molecule has 2 heterocycles. The van der Waals surface area contributed by atoms with Crippen LogP contribution in [0.2, 0.25) is 0 Å². The second-order valence-corrected chi connectivity index (χ2v) is 3.60. The number of nitrogens with two attached hydrogens (primary N) is 1. The molecule has 0 amide bonds. The van der Waals surface area contributed by atoms with Gasteiger partial charge >= 0.3 is 5.97 Å². The molecule has 1 aliphatic rings. The third-order valence-electron chi connectivity index (χ3n) is 2.34. The van der Waals surface area contributed by atoms with Crippen LogP contribution >= 0.6 is 0 Å². The molecule has 0 spiro atoms. The first kappa shape index (κ1) is 11.3. The molecule has 5 nitrogen and oxygen atoms in total. The topological polar surface area (TPSA) is 77.6 Å². The minimum absolute atomic E-state index is 0.299. The Morgan fingerprint density at radius 2 is 2.41 bits per heavy atom. The molecule has 1 aromatic rings. The molecule has 0 saturated heterocycles. The quantitative estimate of drug-likeness (QED) is 0.781. The van der Waals surface area contributed by atoms with Crippen molar-refractivity contribution in [1.82, 2.24) is 4.98 Å². The lowest BCUT2D eigenvalue weighted by molar-refractivity contribution is -0.138. The summed E-state index contributed by atoms with van der Waals surface area (Å²) in [4.78, 5) is 19.9. The van der Waals surface area contributed by atoms with E-state index < -0.39 is 0 Å². The summed E-state index contributed by atoms with van der Waals surface area (Å²) in [5.74, 6) is 0.0337. The summed E-state index contributed by atoms with van der Waals surface area (Å²) >= 11 is 0. The van der Waals surface area contributed by atoms with Crippen LogP contribution in [0.4, 0.5) is 5.69 Å². The summed E-state index contributed by atoms with van der Waals surface area (Å²) in [5, 5.41) is 0. The van der Waals surface area contributed by atoms with Crippen molar-refractivity contribution in [2.24, 2.45) is 10.7 Å². The third-order valence-corrected chi connectivity index (χ3v) is 2.34. The fraction of sp³-hybridized carbons (Fsp3) is 0.250. The lowest BCUT2D eigenvalue weighted by Crippen LogP contribution is -2.16. The summed E-state index contributed by atoms with van der Waals surface area (Å²) in [6.45, 7) is 2.11. The van der Waals surface area contributed by atoms with Crippen molar-refractivity contribution in [3.63, 3.8) is 0 Å². The molecular weight excluding hydrogens is 218 g/mol. The van der Waals surface area contributed by atoms with E-state index in [2.05, 4.69) is 9.98 Å². The molecule has 0 atom stereocenters. The van der Waals surface area contributed by atoms with E-state index in [0.29, 0.717) is 30.1 Å². The fourth-order valence-electron chi connectivity index (χ4n) is 1.60. The molecule has 0 fully saturated rings. The number of amidine groups is 1. The standard InChI is InChI=1S/C12H13N3O2/c1-2-17-12(16)9-5-8-3-4-14-7-10(8)15-11(13)6-9/h3-5,7H,2,6H2,1H3,(H2,13,15). The summed E-state index contributed by atoms with van der Waals surface area (Å²) in [6.07, 6.45) is 5.31. The Balaban J connectivity index is 2.41. The SMILES string of the molecule is CCOC(=O)C1=Cc2ccncc2N=C(N)C1. The maximum absolute atomic E-state index is 11.7. The van der Waals surface area contributed by atoms with Gasteiger partial charge in [-0.15, -0.1) is 0 Å². The first-order valence-corrected chi connectivity index (χ1v) is 5.35. The molecule has 0 unspecified atom stereocenters. The molecule has 0 bridgehead atoms. The van der Waals surface area contributed by atoms with Crippen LogP contribution in [0.3, 0.4) is 0 Å². The second-order valence-electron chi connectivity index (χ2n) is 3.60. The normalized spacial score (nSPS) is 14.2. The number of pyridine rings is 1. The Labute approximate surface area is 99.0 Å². The molecule has 1 aromatic heterocycles.